The molecule has 0 radical (unpaired) electrons. The minimum atomic E-state index is -4.95. The molecule has 102 valence electrons. The van der Waals surface area contributed by atoms with Crippen LogP contribution in [0.3, 0.4) is 0 Å². The van der Waals surface area contributed by atoms with Gasteiger partial charge in [-0.05, 0) is 13.0 Å². The number of hydrogen-bond donors (Lipinski definition) is 0. The molecule has 0 aromatic rings. The minimum absolute atomic E-state index is 0.156. The molecule has 0 amide bonds. The minimum Gasteiger partial charge on any atom is -0.445 e. The Morgan fingerprint density at radius 1 is 1.12 bits per heavy atom. The average Bonchev–Trinajstić information content (AvgIpc) is 2.24. The number of ether oxygens (including phenoxy) is 2. The molecule has 0 aromatic carbocycles. The largest absolute Gasteiger partial charge is 0.506 e. The molecule has 0 saturated heterocycles. The van der Waals surface area contributed by atoms with Crippen LogP contribution in [0.15, 0.2) is 12.1 Å². The molecule has 0 spiro atoms. The maximum atomic E-state index is 12.4. The second-order valence-electron chi connectivity index (χ2n) is 3.85. The fourth-order valence-electron chi connectivity index (χ4n) is 1.31. The topological polar surface area (TPSA) is 21.7 Å². The molecule has 0 bridgehead atoms. The lowest BCUT2D eigenvalue weighted by Crippen LogP contribution is -2.35. The van der Waals surface area contributed by atoms with Crippen molar-refractivity contribution in [2.75, 3.05) is 47.1 Å². The van der Waals surface area contributed by atoms with Gasteiger partial charge in [0.2, 0.25) is 0 Å². The molecule has 0 saturated carbocycles. The maximum Gasteiger partial charge on any atom is 0.506 e. The molecule has 17 heavy (non-hydrogen) atoms. The van der Waals surface area contributed by atoms with Gasteiger partial charge in [-0.2, -0.15) is 0 Å². The Morgan fingerprint density at radius 3 is 2.18 bits per heavy atom. The molecule has 0 aliphatic carbocycles. The molecule has 0 heterocycles. The van der Waals surface area contributed by atoms with Crippen LogP contribution in [0.2, 0.25) is 0 Å². The van der Waals surface area contributed by atoms with Crippen molar-refractivity contribution in [3.8, 4) is 0 Å². The Hall–Kier alpha value is -0.525. The third-order valence-corrected chi connectivity index (χ3v) is 2.32. The van der Waals surface area contributed by atoms with Gasteiger partial charge in [0.1, 0.15) is 0 Å². The van der Waals surface area contributed by atoms with Crippen molar-refractivity contribution < 1.29 is 22.4 Å². The smallest absolute Gasteiger partial charge is 0.445 e. The van der Waals surface area contributed by atoms with Crippen molar-refractivity contribution >= 4 is 6.98 Å². The van der Waals surface area contributed by atoms with Gasteiger partial charge in [-0.25, -0.2) is 0 Å². The van der Waals surface area contributed by atoms with E-state index in [1.807, 2.05) is 0 Å². The van der Waals surface area contributed by atoms with Gasteiger partial charge in [0, 0.05) is 33.9 Å². The molecular weight excluding hydrogens is 234 g/mol. The van der Waals surface area contributed by atoms with Crippen LogP contribution in [0.1, 0.15) is 6.42 Å². The van der Waals surface area contributed by atoms with Crippen LogP contribution < -0.4 is 0 Å². The molecule has 0 unspecified atom stereocenters. The van der Waals surface area contributed by atoms with Crippen LogP contribution in [0.4, 0.5) is 12.9 Å². The van der Waals surface area contributed by atoms with Crippen molar-refractivity contribution in [3.05, 3.63) is 12.1 Å². The molecule has 0 aromatic heterocycles. The van der Waals surface area contributed by atoms with Gasteiger partial charge in [-0.1, -0.05) is 0 Å². The first-order chi connectivity index (χ1) is 7.91. The Bertz CT molecular complexity index is 224. The lowest BCUT2D eigenvalue weighted by molar-refractivity contribution is 0.138. The summed E-state index contributed by atoms with van der Waals surface area (Å²) < 4.78 is 46.9. The normalized spacial score (nSPS) is 12.1. The number of methoxy groups -OCH3 is 2. The predicted molar refractivity (Wildman–Crippen MR) is 63.0 cm³/mol. The van der Waals surface area contributed by atoms with E-state index in [1.165, 1.54) is 7.11 Å². The van der Waals surface area contributed by atoms with Gasteiger partial charge in [0.05, 0.1) is 6.61 Å². The molecule has 0 aliphatic rings. The van der Waals surface area contributed by atoms with Crippen LogP contribution >= 0.6 is 0 Å². The van der Waals surface area contributed by atoms with Crippen LogP contribution in [-0.4, -0.2) is 58.9 Å². The van der Waals surface area contributed by atoms with E-state index in [-0.39, 0.29) is 6.54 Å². The van der Waals surface area contributed by atoms with Crippen LogP contribution in [0.5, 0.6) is 0 Å². The lowest BCUT2D eigenvalue weighted by Gasteiger charge is -2.27. The summed E-state index contributed by atoms with van der Waals surface area (Å²) in [6, 6.07) is 0. The summed E-state index contributed by atoms with van der Waals surface area (Å²) in [5.41, 5.74) is -0.668. The average molecular weight is 254 g/mol. The summed E-state index contributed by atoms with van der Waals surface area (Å²) in [5, 5.41) is 0. The summed E-state index contributed by atoms with van der Waals surface area (Å²) in [6.07, 6.45) is 0.693. The monoisotopic (exact) mass is 254 g/mol. The number of rotatable bonds is 10. The number of hydrogen-bond acceptors (Lipinski definition) is 3. The second kappa shape index (κ2) is 8.55. The summed E-state index contributed by atoms with van der Waals surface area (Å²) >= 11 is 0. The summed E-state index contributed by atoms with van der Waals surface area (Å²) in [4.78, 5) is 1.68. The highest BCUT2D eigenvalue weighted by Gasteiger charge is 2.27. The zero-order valence-electron chi connectivity index (χ0n) is 10.4. The summed E-state index contributed by atoms with van der Waals surface area (Å²) in [6.45, 7) is -0.0676. The van der Waals surface area contributed by atoms with Crippen molar-refractivity contribution in [1.82, 2.24) is 4.90 Å². The van der Waals surface area contributed by atoms with E-state index in [2.05, 4.69) is 6.58 Å². The van der Waals surface area contributed by atoms with Gasteiger partial charge in [-0.3, -0.25) is 0 Å². The van der Waals surface area contributed by atoms with E-state index >= 15 is 0 Å². The zero-order valence-corrected chi connectivity index (χ0v) is 10.4. The fourth-order valence-corrected chi connectivity index (χ4v) is 1.31. The second-order valence-corrected chi connectivity index (χ2v) is 3.85. The highest BCUT2D eigenvalue weighted by atomic mass is 19.4. The zero-order chi connectivity index (χ0) is 13.3. The standard InChI is InChI=1S/C10H20BF3NO2/c1-10(11(12,13)14)9-15(6-8-17-3)5-4-7-16-2/h1,4-9H2,2-3H3/q-1. The highest BCUT2D eigenvalue weighted by Crippen LogP contribution is 2.19. The first-order valence-electron chi connectivity index (χ1n) is 5.49. The third kappa shape index (κ3) is 8.23. The Kier molecular flexibility index (Phi) is 8.28. The van der Waals surface area contributed by atoms with Gasteiger partial charge in [0.15, 0.2) is 0 Å². The SMILES string of the molecule is C=C(CN(CCCOC)CCOC)[B-](F)(F)F. The summed E-state index contributed by atoms with van der Waals surface area (Å²) in [5.74, 6) is 0. The van der Waals surface area contributed by atoms with E-state index < -0.39 is 12.4 Å². The predicted octanol–water partition coefficient (Wildman–Crippen LogP) is 1.91. The lowest BCUT2D eigenvalue weighted by atomic mass is 9.80. The van der Waals surface area contributed by atoms with Crippen LogP contribution in [-0.2, 0) is 9.47 Å². The fraction of sp³-hybridized carbons (Fsp3) is 0.800. The quantitative estimate of drug-likeness (QED) is 0.439. The molecule has 0 atom stereocenters. The maximum absolute atomic E-state index is 12.4. The molecular formula is C10H20BF3NO2-. The Balaban J connectivity index is 4.12. The Labute approximate surface area is 101 Å². The van der Waals surface area contributed by atoms with Gasteiger partial charge in [-0.15, -0.1) is 12.1 Å². The number of halogens is 3. The molecule has 0 fully saturated rings. The Morgan fingerprint density at radius 2 is 1.71 bits per heavy atom. The third-order valence-electron chi connectivity index (χ3n) is 2.32. The summed E-state index contributed by atoms with van der Waals surface area (Å²) in [7, 11) is 3.09. The first-order valence-corrected chi connectivity index (χ1v) is 5.49. The molecule has 0 rings (SSSR count). The van der Waals surface area contributed by atoms with Crippen molar-refractivity contribution in [2.45, 2.75) is 6.42 Å². The van der Waals surface area contributed by atoms with E-state index in [0.29, 0.717) is 32.7 Å². The molecule has 3 nitrogen and oxygen atoms in total. The highest BCUT2D eigenvalue weighted by molar-refractivity contribution is 6.66. The van der Waals surface area contributed by atoms with Crippen molar-refractivity contribution in [3.63, 3.8) is 0 Å². The van der Waals surface area contributed by atoms with E-state index in [1.54, 1.807) is 12.0 Å². The van der Waals surface area contributed by atoms with Gasteiger partial charge >= 0.3 is 6.98 Å². The van der Waals surface area contributed by atoms with Crippen LogP contribution in [0, 0.1) is 0 Å². The van der Waals surface area contributed by atoms with E-state index in [0.717, 1.165) is 0 Å². The van der Waals surface area contributed by atoms with Crippen LogP contribution in [0.25, 0.3) is 0 Å². The van der Waals surface area contributed by atoms with Crippen molar-refractivity contribution in [1.29, 1.82) is 0 Å². The van der Waals surface area contributed by atoms with E-state index in [4.69, 9.17) is 9.47 Å². The van der Waals surface area contributed by atoms with E-state index in [9.17, 15) is 12.9 Å². The first kappa shape index (κ1) is 16.5. The molecule has 0 N–H and O–H groups in total. The number of nitrogens with zero attached hydrogens (tertiary/aromatic N) is 1. The van der Waals surface area contributed by atoms with Gasteiger partial charge in [0.25, 0.3) is 0 Å². The molecule has 0 aliphatic heterocycles. The van der Waals surface area contributed by atoms with Crippen molar-refractivity contribution in [2.24, 2.45) is 0 Å². The molecule has 7 heteroatoms. The van der Waals surface area contributed by atoms with Gasteiger partial charge < -0.3 is 27.3 Å².